The third-order valence-corrected chi connectivity index (χ3v) is 7.72. The highest BCUT2D eigenvalue weighted by atomic mass is 16.5. The summed E-state index contributed by atoms with van der Waals surface area (Å²) in [5.41, 5.74) is 0.268. The Morgan fingerprint density at radius 2 is 2.14 bits per heavy atom. The Balaban J connectivity index is 1.42. The topological polar surface area (TPSA) is 100 Å². The molecule has 3 fully saturated rings. The molecule has 7 heteroatoms. The largest absolute Gasteiger partial charge is 0.378 e. The van der Waals surface area contributed by atoms with E-state index in [1.165, 1.54) is 12.3 Å². The molecular weight excluding hydrogens is 370 g/mol. The summed E-state index contributed by atoms with van der Waals surface area (Å²) >= 11 is 0. The number of carbonyl (C=O) groups is 2. The van der Waals surface area contributed by atoms with Crippen LogP contribution in [0.2, 0.25) is 0 Å². The molecule has 1 unspecified atom stereocenters. The molecule has 1 aliphatic heterocycles. The van der Waals surface area contributed by atoms with E-state index in [9.17, 15) is 14.4 Å². The van der Waals surface area contributed by atoms with E-state index in [2.05, 4.69) is 29.5 Å². The molecule has 1 aromatic heterocycles. The smallest absolute Gasteiger partial charge is 0.251 e. The highest BCUT2D eigenvalue weighted by Crippen LogP contribution is 2.68. The SMILES string of the molecule is CC(=O)N[C@H]1C(C)(C)[C@@H]2C[C@@H]3[C@@H](CCNC(=O)c4cc[nH]c(=O)c4)OCCC31C2. The predicted molar refractivity (Wildman–Crippen MR) is 108 cm³/mol. The van der Waals surface area contributed by atoms with E-state index in [1.54, 1.807) is 13.0 Å². The van der Waals surface area contributed by atoms with Gasteiger partial charge in [0.1, 0.15) is 0 Å². The number of rotatable bonds is 5. The van der Waals surface area contributed by atoms with Gasteiger partial charge in [0, 0.05) is 43.9 Å². The first kappa shape index (κ1) is 20.1. The second-order valence-electron chi connectivity index (χ2n) is 9.58. The summed E-state index contributed by atoms with van der Waals surface area (Å²) in [7, 11) is 0. The summed E-state index contributed by atoms with van der Waals surface area (Å²) in [6.45, 7) is 7.38. The number of nitrogens with one attached hydrogen (secondary N) is 3. The Morgan fingerprint density at radius 1 is 1.34 bits per heavy atom. The molecule has 0 aromatic carbocycles. The minimum absolute atomic E-state index is 0.0388. The molecule has 4 rings (SSSR count). The van der Waals surface area contributed by atoms with Crippen LogP contribution in [0.3, 0.4) is 0 Å². The molecule has 5 atom stereocenters. The van der Waals surface area contributed by atoms with Gasteiger partial charge in [0.25, 0.3) is 5.91 Å². The minimum atomic E-state index is -0.288. The second-order valence-corrected chi connectivity index (χ2v) is 9.58. The average molecular weight is 402 g/mol. The standard InChI is InChI=1S/C22H31N3O4/c1-13(26)25-20-21(2,3)15-11-16-17(29-9-6-22(16,20)12-15)5-8-24-19(28)14-4-7-23-18(27)10-14/h4,7,10,15-17,20H,5-6,8-9,11-12H2,1-3H3,(H,23,27)(H,24,28)(H,25,26)/t15-,16-,17-,20+,22?/m1/s1. The van der Waals surface area contributed by atoms with Crippen LogP contribution in [0.5, 0.6) is 0 Å². The van der Waals surface area contributed by atoms with Crippen LogP contribution >= 0.6 is 0 Å². The van der Waals surface area contributed by atoms with Crippen molar-refractivity contribution in [2.75, 3.05) is 13.2 Å². The Hall–Kier alpha value is -2.15. The van der Waals surface area contributed by atoms with Crippen LogP contribution in [0.4, 0.5) is 0 Å². The number of hydrogen-bond acceptors (Lipinski definition) is 4. The molecule has 1 aromatic rings. The van der Waals surface area contributed by atoms with Crippen LogP contribution < -0.4 is 16.2 Å². The van der Waals surface area contributed by atoms with Crippen LogP contribution in [-0.2, 0) is 9.53 Å². The average Bonchev–Trinajstić information content (AvgIpc) is 3.15. The molecule has 158 valence electrons. The molecular formula is C22H31N3O4. The fourth-order valence-corrected chi connectivity index (χ4v) is 6.41. The maximum atomic E-state index is 12.3. The van der Waals surface area contributed by atoms with Gasteiger partial charge < -0.3 is 20.4 Å². The first-order valence-corrected chi connectivity index (χ1v) is 10.6. The number of fused-ring (bicyclic) bond motifs is 1. The van der Waals surface area contributed by atoms with E-state index < -0.39 is 0 Å². The molecule has 2 aliphatic carbocycles. The lowest BCUT2D eigenvalue weighted by Gasteiger charge is -2.53. The number of hydrogen-bond donors (Lipinski definition) is 3. The maximum absolute atomic E-state index is 12.3. The van der Waals surface area contributed by atoms with Crippen LogP contribution in [0.25, 0.3) is 0 Å². The van der Waals surface area contributed by atoms with Crippen molar-refractivity contribution in [3.63, 3.8) is 0 Å². The number of carbonyl (C=O) groups excluding carboxylic acids is 2. The third kappa shape index (κ3) is 3.39. The quantitative estimate of drug-likeness (QED) is 0.701. The van der Waals surface area contributed by atoms with Crippen LogP contribution in [0, 0.1) is 22.7 Å². The molecule has 2 amide bonds. The van der Waals surface area contributed by atoms with E-state index in [0.717, 1.165) is 25.7 Å². The van der Waals surface area contributed by atoms with Gasteiger partial charge >= 0.3 is 0 Å². The lowest BCUT2D eigenvalue weighted by atomic mass is 9.59. The van der Waals surface area contributed by atoms with Gasteiger partial charge in [0.05, 0.1) is 6.10 Å². The van der Waals surface area contributed by atoms with E-state index >= 15 is 0 Å². The number of H-pyrrole nitrogens is 1. The van der Waals surface area contributed by atoms with Gasteiger partial charge in [0.15, 0.2) is 0 Å². The van der Waals surface area contributed by atoms with Gasteiger partial charge in [-0.3, -0.25) is 14.4 Å². The lowest BCUT2D eigenvalue weighted by Crippen LogP contribution is -2.60. The van der Waals surface area contributed by atoms with Gasteiger partial charge in [-0.1, -0.05) is 13.8 Å². The number of aromatic amines is 1. The number of aromatic nitrogens is 1. The number of ether oxygens (including phenoxy) is 1. The highest BCUT2D eigenvalue weighted by molar-refractivity contribution is 5.93. The fourth-order valence-electron chi connectivity index (χ4n) is 6.41. The molecule has 7 nitrogen and oxygen atoms in total. The van der Waals surface area contributed by atoms with Crippen LogP contribution in [-0.4, -0.2) is 42.1 Å². The van der Waals surface area contributed by atoms with Crippen molar-refractivity contribution in [3.05, 3.63) is 34.2 Å². The van der Waals surface area contributed by atoms with Crippen molar-refractivity contribution in [1.29, 1.82) is 0 Å². The molecule has 3 N–H and O–H groups in total. The first-order valence-electron chi connectivity index (χ1n) is 10.6. The second kappa shape index (κ2) is 7.27. The van der Waals surface area contributed by atoms with Gasteiger partial charge in [-0.05, 0) is 54.4 Å². The van der Waals surface area contributed by atoms with Crippen molar-refractivity contribution in [2.24, 2.45) is 22.7 Å². The van der Waals surface area contributed by atoms with E-state index in [-0.39, 0.29) is 40.3 Å². The summed E-state index contributed by atoms with van der Waals surface area (Å²) in [5.74, 6) is 0.783. The first-order chi connectivity index (χ1) is 13.7. The molecule has 1 saturated heterocycles. The summed E-state index contributed by atoms with van der Waals surface area (Å²) in [5, 5.41) is 6.19. The Labute approximate surface area is 171 Å². The summed E-state index contributed by atoms with van der Waals surface area (Å²) in [4.78, 5) is 38.1. The van der Waals surface area contributed by atoms with Crippen molar-refractivity contribution in [1.82, 2.24) is 15.6 Å². The van der Waals surface area contributed by atoms with Gasteiger partial charge in [0.2, 0.25) is 11.5 Å². The third-order valence-electron chi connectivity index (χ3n) is 7.72. The molecule has 1 spiro atoms. The van der Waals surface area contributed by atoms with Gasteiger partial charge in [-0.25, -0.2) is 0 Å². The number of amides is 2. The Kier molecular flexibility index (Phi) is 5.05. The predicted octanol–water partition coefficient (Wildman–Crippen LogP) is 1.84. The Morgan fingerprint density at radius 3 is 2.86 bits per heavy atom. The van der Waals surface area contributed by atoms with E-state index in [4.69, 9.17) is 4.74 Å². The van der Waals surface area contributed by atoms with Crippen molar-refractivity contribution in [2.45, 2.75) is 58.6 Å². The molecule has 2 bridgehead atoms. The van der Waals surface area contributed by atoms with Gasteiger partial charge in [-0.15, -0.1) is 0 Å². The zero-order valence-electron chi connectivity index (χ0n) is 17.4. The fraction of sp³-hybridized carbons (Fsp3) is 0.682. The lowest BCUT2D eigenvalue weighted by molar-refractivity contribution is -0.135. The number of pyridine rings is 1. The maximum Gasteiger partial charge on any atom is 0.251 e. The van der Waals surface area contributed by atoms with E-state index in [0.29, 0.717) is 30.6 Å². The van der Waals surface area contributed by atoms with Crippen LogP contribution in [0.15, 0.2) is 23.1 Å². The van der Waals surface area contributed by atoms with E-state index in [1.807, 2.05) is 0 Å². The van der Waals surface area contributed by atoms with Crippen LogP contribution in [0.1, 0.15) is 56.8 Å². The zero-order chi connectivity index (χ0) is 20.8. The molecule has 29 heavy (non-hydrogen) atoms. The monoisotopic (exact) mass is 401 g/mol. The molecule has 3 aliphatic rings. The molecule has 0 radical (unpaired) electrons. The van der Waals surface area contributed by atoms with Crippen molar-refractivity contribution in [3.8, 4) is 0 Å². The Bertz CT molecular complexity index is 864. The highest BCUT2D eigenvalue weighted by Gasteiger charge is 2.68. The minimum Gasteiger partial charge on any atom is -0.378 e. The van der Waals surface area contributed by atoms with Crippen molar-refractivity contribution >= 4 is 11.8 Å². The normalized spacial score (nSPS) is 34.4. The summed E-state index contributed by atoms with van der Waals surface area (Å²) in [6, 6.07) is 3.07. The van der Waals surface area contributed by atoms with Crippen molar-refractivity contribution < 1.29 is 14.3 Å². The summed E-state index contributed by atoms with van der Waals surface area (Å²) < 4.78 is 6.15. The zero-order valence-corrected chi connectivity index (χ0v) is 17.4. The molecule has 2 heterocycles. The van der Waals surface area contributed by atoms with Gasteiger partial charge in [-0.2, -0.15) is 0 Å². The molecule has 2 saturated carbocycles. The summed E-state index contributed by atoms with van der Waals surface area (Å²) in [6.07, 6.45) is 5.55.